The third kappa shape index (κ3) is 1.80. The second-order valence-corrected chi connectivity index (χ2v) is 5.35. The molecule has 0 bridgehead atoms. The highest BCUT2D eigenvalue weighted by Crippen LogP contribution is 2.40. The number of fused-ring (bicyclic) bond motifs is 1. The molecule has 5 N–H and O–H groups in total. The van der Waals surface area contributed by atoms with Gasteiger partial charge in [0.15, 0.2) is 11.2 Å². The van der Waals surface area contributed by atoms with Gasteiger partial charge in [-0.3, -0.25) is 9.78 Å². The monoisotopic (exact) mass is 279 g/mol. The molecule has 0 saturated heterocycles. The summed E-state index contributed by atoms with van der Waals surface area (Å²) >= 11 is 0. The van der Waals surface area contributed by atoms with Crippen LogP contribution < -0.4 is 11.3 Å². The molecular weight excluding hydrogens is 262 g/mol. The van der Waals surface area contributed by atoms with E-state index in [0.717, 1.165) is 0 Å². The minimum Gasteiger partial charge on any atom is -0.396 e. The number of rotatable bonds is 2. The number of imidazole rings is 1. The maximum Gasteiger partial charge on any atom is 0.280 e. The SMILES string of the molecule is CC1[C@H](n2cnc3c(=O)[nH]c(N)nc32)C[C@H](O)[C@H]1CO. The molecule has 1 saturated carbocycles. The highest BCUT2D eigenvalue weighted by Gasteiger charge is 2.41. The summed E-state index contributed by atoms with van der Waals surface area (Å²) in [6, 6.07) is -0.0687. The Morgan fingerprint density at radius 3 is 3.00 bits per heavy atom. The number of aromatic nitrogens is 4. The normalized spacial score (nSPS) is 30.1. The molecule has 2 heterocycles. The second kappa shape index (κ2) is 4.57. The van der Waals surface area contributed by atoms with Crippen LogP contribution in [-0.2, 0) is 0 Å². The average molecular weight is 279 g/mol. The number of aliphatic hydroxyl groups is 2. The Bertz CT molecular complexity index is 694. The first kappa shape index (κ1) is 13.1. The van der Waals surface area contributed by atoms with Gasteiger partial charge in [0.05, 0.1) is 12.4 Å². The Labute approximate surface area is 114 Å². The molecule has 0 aliphatic heterocycles. The van der Waals surface area contributed by atoms with Gasteiger partial charge in [0, 0.05) is 18.6 Å². The molecular formula is C12H17N5O3. The molecule has 3 rings (SSSR count). The van der Waals surface area contributed by atoms with Crippen molar-refractivity contribution in [2.24, 2.45) is 11.8 Å². The molecule has 8 nitrogen and oxygen atoms in total. The number of aliphatic hydroxyl groups excluding tert-OH is 2. The number of hydrogen-bond acceptors (Lipinski definition) is 6. The predicted octanol–water partition coefficient (Wildman–Crippen LogP) is -0.748. The van der Waals surface area contributed by atoms with E-state index in [1.807, 2.05) is 6.92 Å². The van der Waals surface area contributed by atoms with Crippen molar-refractivity contribution in [3.8, 4) is 0 Å². The zero-order chi connectivity index (χ0) is 14.4. The summed E-state index contributed by atoms with van der Waals surface area (Å²) in [7, 11) is 0. The minimum absolute atomic E-state index is 0.0363. The number of nitrogens with one attached hydrogen (secondary N) is 1. The van der Waals surface area contributed by atoms with Crippen LogP contribution in [0.2, 0.25) is 0 Å². The maximum absolute atomic E-state index is 11.8. The lowest BCUT2D eigenvalue weighted by Gasteiger charge is -2.20. The molecule has 1 aliphatic carbocycles. The number of aromatic amines is 1. The van der Waals surface area contributed by atoms with Crippen LogP contribution in [-0.4, -0.2) is 42.4 Å². The van der Waals surface area contributed by atoms with E-state index < -0.39 is 6.10 Å². The van der Waals surface area contributed by atoms with Gasteiger partial charge in [-0.1, -0.05) is 6.92 Å². The fourth-order valence-electron chi connectivity index (χ4n) is 3.11. The number of anilines is 1. The minimum atomic E-state index is -0.572. The van der Waals surface area contributed by atoms with Gasteiger partial charge >= 0.3 is 0 Å². The van der Waals surface area contributed by atoms with Crippen LogP contribution in [0.5, 0.6) is 0 Å². The van der Waals surface area contributed by atoms with Crippen molar-refractivity contribution in [1.29, 1.82) is 0 Å². The summed E-state index contributed by atoms with van der Waals surface area (Å²) in [4.78, 5) is 22.4. The summed E-state index contributed by atoms with van der Waals surface area (Å²) in [5, 5.41) is 19.4. The largest absolute Gasteiger partial charge is 0.396 e. The van der Waals surface area contributed by atoms with Gasteiger partial charge in [-0.25, -0.2) is 4.98 Å². The van der Waals surface area contributed by atoms with Crippen LogP contribution in [0, 0.1) is 11.8 Å². The first-order valence-corrected chi connectivity index (χ1v) is 6.54. The highest BCUT2D eigenvalue weighted by atomic mass is 16.3. The van der Waals surface area contributed by atoms with Crippen molar-refractivity contribution in [3.05, 3.63) is 16.7 Å². The Kier molecular flexibility index (Phi) is 2.98. The van der Waals surface area contributed by atoms with E-state index >= 15 is 0 Å². The van der Waals surface area contributed by atoms with Crippen LogP contribution in [0.15, 0.2) is 11.1 Å². The molecule has 0 amide bonds. The summed E-state index contributed by atoms with van der Waals surface area (Å²) in [6.07, 6.45) is 1.46. The molecule has 108 valence electrons. The average Bonchev–Trinajstić information content (AvgIpc) is 2.91. The molecule has 2 aromatic rings. The number of nitrogen functional groups attached to an aromatic ring is 1. The lowest BCUT2D eigenvalue weighted by atomic mass is 9.95. The van der Waals surface area contributed by atoms with E-state index in [1.165, 1.54) is 0 Å². The molecule has 8 heteroatoms. The van der Waals surface area contributed by atoms with Crippen LogP contribution in [0.4, 0.5) is 5.95 Å². The van der Waals surface area contributed by atoms with Crippen molar-refractivity contribution in [2.45, 2.75) is 25.5 Å². The third-order valence-electron chi connectivity index (χ3n) is 4.28. The highest BCUT2D eigenvalue weighted by molar-refractivity contribution is 5.70. The molecule has 0 spiro atoms. The topological polar surface area (TPSA) is 130 Å². The van der Waals surface area contributed by atoms with Crippen molar-refractivity contribution < 1.29 is 10.2 Å². The van der Waals surface area contributed by atoms with Gasteiger partial charge in [0.2, 0.25) is 5.95 Å². The van der Waals surface area contributed by atoms with E-state index in [1.54, 1.807) is 10.9 Å². The third-order valence-corrected chi connectivity index (χ3v) is 4.28. The van der Waals surface area contributed by atoms with E-state index in [0.29, 0.717) is 12.1 Å². The fraction of sp³-hybridized carbons (Fsp3) is 0.583. The first-order chi connectivity index (χ1) is 9.52. The maximum atomic E-state index is 11.8. The predicted molar refractivity (Wildman–Crippen MR) is 72.0 cm³/mol. The standard InChI is InChI=1S/C12H17N5O3/c1-5-6(3-18)8(19)2-7(5)17-4-14-9-10(17)15-12(13)16-11(9)20/h4-8,18-19H,2-3H2,1H3,(H3,13,15,16,20)/t5?,6-,7+,8-/m0/s1. The summed E-state index contributed by atoms with van der Waals surface area (Å²) in [5.41, 5.74) is 5.83. The summed E-state index contributed by atoms with van der Waals surface area (Å²) in [6.45, 7) is 1.89. The molecule has 2 aromatic heterocycles. The van der Waals surface area contributed by atoms with Crippen molar-refractivity contribution in [2.75, 3.05) is 12.3 Å². The molecule has 0 aromatic carbocycles. The Morgan fingerprint density at radius 1 is 1.60 bits per heavy atom. The number of hydrogen-bond donors (Lipinski definition) is 4. The molecule has 20 heavy (non-hydrogen) atoms. The number of H-pyrrole nitrogens is 1. The quantitative estimate of drug-likeness (QED) is 0.572. The summed E-state index contributed by atoms with van der Waals surface area (Å²) < 4.78 is 1.77. The zero-order valence-electron chi connectivity index (χ0n) is 11.0. The molecule has 1 fully saturated rings. The van der Waals surface area contributed by atoms with Crippen LogP contribution >= 0.6 is 0 Å². The van der Waals surface area contributed by atoms with Gasteiger partial charge in [-0.2, -0.15) is 4.98 Å². The van der Waals surface area contributed by atoms with Crippen LogP contribution in [0.25, 0.3) is 11.2 Å². The zero-order valence-corrected chi connectivity index (χ0v) is 11.0. The Balaban J connectivity index is 2.10. The summed E-state index contributed by atoms with van der Waals surface area (Å²) in [5.74, 6) is -0.0966. The molecule has 1 aliphatic rings. The molecule has 1 unspecified atom stereocenters. The lowest BCUT2D eigenvalue weighted by molar-refractivity contribution is 0.0752. The van der Waals surface area contributed by atoms with Gasteiger partial charge in [0.25, 0.3) is 5.56 Å². The van der Waals surface area contributed by atoms with Gasteiger partial charge < -0.3 is 20.5 Å². The Hall–Kier alpha value is -1.93. The van der Waals surface area contributed by atoms with Gasteiger partial charge in [-0.05, 0) is 12.3 Å². The first-order valence-electron chi connectivity index (χ1n) is 6.54. The molecule has 0 radical (unpaired) electrons. The van der Waals surface area contributed by atoms with Gasteiger partial charge in [0.1, 0.15) is 0 Å². The van der Waals surface area contributed by atoms with Crippen LogP contribution in [0.3, 0.4) is 0 Å². The van der Waals surface area contributed by atoms with Crippen molar-refractivity contribution in [1.82, 2.24) is 19.5 Å². The fourth-order valence-corrected chi connectivity index (χ4v) is 3.11. The van der Waals surface area contributed by atoms with Crippen molar-refractivity contribution in [3.63, 3.8) is 0 Å². The Morgan fingerprint density at radius 2 is 2.35 bits per heavy atom. The molecule has 4 atom stereocenters. The van der Waals surface area contributed by atoms with E-state index in [4.69, 9.17) is 5.73 Å². The number of nitrogens with zero attached hydrogens (tertiary/aromatic N) is 3. The van der Waals surface area contributed by atoms with E-state index in [2.05, 4.69) is 15.0 Å². The second-order valence-electron chi connectivity index (χ2n) is 5.35. The van der Waals surface area contributed by atoms with E-state index in [-0.39, 0.29) is 41.5 Å². The lowest BCUT2D eigenvalue weighted by Crippen LogP contribution is -2.22. The van der Waals surface area contributed by atoms with E-state index in [9.17, 15) is 15.0 Å². The van der Waals surface area contributed by atoms with Crippen LogP contribution in [0.1, 0.15) is 19.4 Å². The van der Waals surface area contributed by atoms with Crippen molar-refractivity contribution >= 4 is 17.1 Å². The number of nitrogens with two attached hydrogens (primary N) is 1. The smallest absolute Gasteiger partial charge is 0.280 e. The van der Waals surface area contributed by atoms with Gasteiger partial charge in [-0.15, -0.1) is 0 Å².